The van der Waals surface area contributed by atoms with Crippen LogP contribution in [0.4, 0.5) is 8.78 Å². The second kappa shape index (κ2) is 6.50. The molecule has 2 fully saturated rings. The summed E-state index contributed by atoms with van der Waals surface area (Å²) in [4.78, 5) is 13.0. The van der Waals surface area contributed by atoms with Gasteiger partial charge in [-0.2, -0.15) is 0 Å². The highest BCUT2D eigenvalue weighted by Gasteiger charge is 2.34. The number of hydrogen-bond acceptors (Lipinski definition) is 2. The number of carbonyl (C=O) groups excluding carboxylic acids is 1. The number of nitrogens with zero attached hydrogens (tertiary/aromatic N) is 1. The van der Waals surface area contributed by atoms with E-state index in [0.29, 0.717) is 5.92 Å². The summed E-state index contributed by atoms with van der Waals surface area (Å²) in [5, 5.41) is 3.05. The largest absolute Gasteiger partial charge is 0.333 e. The molecule has 2 saturated carbocycles. The van der Waals surface area contributed by atoms with E-state index < -0.39 is 13.0 Å². The molecule has 0 unspecified atom stereocenters. The number of amides is 1. The predicted molar refractivity (Wildman–Crippen MR) is 63.6 cm³/mol. The molecule has 0 spiro atoms. The highest BCUT2D eigenvalue weighted by Crippen LogP contribution is 2.28. The molecule has 2 aliphatic carbocycles. The van der Waals surface area contributed by atoms with E-state index in [9.17, 15) is 13.6 Å². The number of nitrogens with one attached hydrogen (secondary N) is 1. The molecule has 17 heavy (non-hydrogen) atoms. The molecule has 0 aliphatic heterocycles. The van der Waals surface area contributed by atoms with Gasteiger partial charge in [0.2, 0.25) is 5.91 Å². The maximum absolute atomic E-state index is 12.3. The predicted octanol–water partition coefficient (Wildman–Crippen LogP) is 1.66. The number of alkyl halides is 2. The third-order valence-electron chi connectivity index (χ3n) is 3.05. The van der Waals surface area contributed by atoms with Crippen LogP contribution in [0.5, 0.6) is 0 Å². The van der Waals surface area contributed by atoms with E-state index in [1.165, 1.54) is 17.7 Å². The van der Waals surface area contributed by atoms with Crippen LogP contribution < -0.4 is 5.32 Å². The van der Waals surface area contributed by atoms with Gasteiger partial charge in [-0.1, -0.05) is 0 Å². The smallest absolute Gasteiger partial charge is 0.255 e. The number of rotatable bonds is 7. The summed E-state index contributed by atoms with van der Waals surface area (Å²) in [6.07, 6.45) is 1.78. The number of halogens is 3. The van der Waals surface area contributed by atoms with E-state index >= 15 is 0 Å². The van der Waals surface area contributed by atoms with Gasteiger partial charge in [-0.05, 0) is 38.1 Å². The van der Waals surface area contributed by atoms with Crippen LogP contribution in [0.15, 0.2) is 0 Å². The molecule has 100 valence electrons. The maximum Gasteiger partial charge on any atom is 0.255 e. The molecular formula is C11H19ClF2N2O. The molecule has 0 aromatic heterocycles. The topological polar surface area (TPSA) is 32.3 Å². The first-order chi connectivity index (χ1) is 7.66. The SMILES string of the molecule is Cl.O=C(CNCC1CC1)N(CC(F)F)C1CC1. The second-order valence-electron chi connectivity index (χ2n) is 4.74. The minimum absolute atomic E-state index is 0. The quantitative estimate of drug-likeness (QED) is 0.762. The third-order valence-corrected chi connectivity index (χ3v) is 3.05. The van der Waals surface area contributed by atoms with Crippen molar-refractivity contribution in [2.24, 2.45) is 5.92 Å². The lowest BCUT2D eigenvalue weighted by atomic mass is 10.4. The molecule has 0 bridgehead atoms. The Morgan fingerprint density at radius 1 is 1.29 bits per heavy atom. The Hall–Kier alpha value is -0.420. The van der Waals surface area contributed by atoms with Crippen molar-refractivity contribution in [1.29, 1.82) is 0 Å². The van der Waals surface area contributed by atoms with E-state index in [1.54, 1.807) is 0 Å². The molecule has 0 atom stereocenters. The molecule has 6 heteroatoms. The summed E-state index contributed by atoms with van der Waals surface area (Å²) in [5.41, 5.74) is 0. The third kappa shape index (κ3) is 5.17. The molecule has 1 amide bonds. The van der Waals surface area contributed by atoms with E-state index in [2.05, 4.69) is 5.32 Å². The van der Waals surface area contributed by atoms with Crippen molar-refractivity contribution in [3.8, 4) is 0 Å². The van der Waals surface area contributed by atoms with Crippen LogP contribution in [0.25, 0.3) is 0 Å². The maximum atomic E-state index is 12.3. The van der Waals surface area contributed by atoms with Gasteiger partial charge < -0.3 is 10.2 Å². The van der Waals surface area contributed by atoms with Crippen molar-refractivity contribution in [1.82, 2.24) is 10.2 Å². The number of carbonyl (C=O) groups is 1. The standard InChI is InChI=1S/C11H18F2N2O.ClH/c12-10(13)7-15(9-3-4-9)11(16)6-14-5-8-1-2-8;/h8-10,14H,1-7H2;1H. The summed E-state index contributed by atoms with van der Waals surface area (Å²) in [6, 6.07) is 0.0734. The zero-order valence-corrected chi connectivity index (χ0v) is 10.5. The Bertz CT molecular complexity index is 258. The van der Waals surface area contributed by atoms with E-state index in [1.807, 2.05) is 0 Å². The molecule has 1 N–H and O–H groups in total. The first-order valence-corrected chi connectivity index (χ1v) is 5.95. The monoisotopic (exact) mass is 268 g/mol. The Kier molecular flexibility index (Phi) is 5.59. The zero-order chi connectivity index (χ0) is 11.5. The van der Waals surface area contributed by atoms with Crippen molar-refractivity contribution in [2.75, 3.05) is 19.6 Å². The fourth-order valence-corrected chi connectivity index (χ4v) is 1.80. The Morgan fingerprint density at radius 3 is 2.41 bits per heavy atom. The highest BCUT2D eigenvalue weighted by molar-refractivity contribution is 5.85. The Morgan fingerprint density at radius 2 is 1.94 bits per heavy atom. The lowest BCUT2D eigenvalue weighted by Crippen LogP contribution is -2.42. The highest BCUT2D eigenvalue weighted by atomic mass is 35.5. The summed E-state index contributed by atoms with van der Waals surface area (Å²) in [6.45, 7) is 0.646. The lowest BCUT2D eigenvalue weighted by molar-refractivity contribution is -0.132. The fourth-order valence-electron chi connectivity index (χ4n) is 1.80. The van der Waals surface area contributed by atoms with Gasteiger partial charge in [-0.25, -0.2) is 8.78 Å². The van der Waals surface area contributed by atoms with Crippen LogP contribution >= 0.6 is 12.4 Å². The minimum Gasteiger partial charge on any atom is -0.333 e. The van der Waals surface area contributed by atoms with Crippen molar-refractivity contribution in [3.05, 3.63) is 0 Å². The average Bonchev–Trinajstić information content (AvgIpc) is 3.06. The molecule has 2 aliphatic rings. The van der Waals surface area contributed by atoms with Gasteiger partial charge in [-0.3, -0.25) is 4.79 Å². The molecular weight excluding hydrogens is 250 g/mol. The summed E-state index contributed by atoms with van der Waals surface area (Å²) in [7, 11) is 0. The van der Waals surface area contributed by atoms with E-state index in [0.717, 1.165) is 19.4 Å². The van der Waals surface area contributed by atoms with Crippen LogP contribution in [0.1, 0.15) is 25.7 Å². The second-order valence-corrected chi connectivity index (χ2v) is 4.74. The van der Waals surface area contributed by atoms with Gasteiger partial charge in [0, 0.05) is 6.04 Å². The van der Waals surface area contributed by atoms with Crippen molar-refractivity contribution < 1.29 is 13.6 Å². The first-order valence-electron chi connectivity index (χ1n) is 5.95. The molecule has 0 radical (unpaired) electrons. The van der Waals surface area contributed by atoms with E-state index in [-0.39, 0.29) is 30.9 Å². The van der Waals surface area contributed by atoms with Crippen molar-refractivity contribution in [2.45, 2.75) is 38.2 Å². The van der Waals surface area contributed by atoms with Crippen molar-refractivity contribution >= 4 is 18.3 Å². The van der Waals surface area contributed by atoms with Gasteiger partial charge in [0.1, 0.15) is 0 Å². The number of hydrogen-bond donors (Lipinski definition) is 1. The summed E-state index contributed by atoms with van der Waals surface area (Å²) in [5.74, 6) is 0.528. The van der Waals surface area contributed by atoms with Gasteiger partial charge in [-0.15, -0.1) is 12.4 Å². The van der Waals surface area contributed by atoms with Crippen LogP contribution in [-0.2, 0) is 4.79 Å². The molecule has 0 heterocycles. The Balaban J connectivity index is 0.00000144. The molecule has 0 aromatic carbocycles. The fraction of sp³-hybridized carbons (Fsp3) is 0.909. The Labute approximate surface area is 106 Å². The minimum atomic E-state index is -2.42. The van der Waals surface area contributed by atoms with Crippen LogP contribution in [0, 0.1) is 5.92 Å². The normalized spacial score (nSPS) is 19.0. The van der Waals surface area contributed by atoms with Crippen LogP contribution in [0.2, 0.25) is 0 Å². The first kappa shape index (κ1) is 14.6. The summed E-state index contributed by atoms with van der Waals surface area (Å²) < 4.78 is 24.6. The molecule has 3 nitrogen and oxygen atoms in total. The summed E-state index contributed by atoms with van der Waals surface area (Å²) >= 11 is 0. The molecule has 0 aromatic rings. The van der Waals surface area contributed by atoms with Gasteiger partial charge in [0.05, 0.1) is 13.1 Å². The van der Waals surface area contributed by atoms with Crippen molar-refractivity contribution in [3.63, 3.8) is 0 Å². The lowest BCUT2D eigenvalue weighted by Gasteiger charge is -2.22. The molecule has 2 rings (SSSR count). The average molecular weight is 269 g/mol. The molecule has 0 saturated heterocycles. The van der Waals surface area contributed by atoms with Gasteiger partial charge >= 0.3 is 0 Å². The van der Waals surface area contributed by atoms with Gasteiger partial charge in [0.25, 0.3) is 6.43 Å². The van der Waals surface area contributed by atoms with Crippen LogP contribution in [0.3, 0.4) is 0 Å². The van der Waals surface area contributed by atoms with E-state index in [4.69, 9.17) is 0 Å². The van der Waals surface area contributed by atoms with Gasteiger partial charge in [0.15, 0.2) is 0 Å². The zero-order valence-electron chi connectivity index (χ0n) is 9.70. The van der Waals surface area contributed by atoms with Crippen LogP contribution in [-0.4, -0.2) is 42.9 Å².